The molecular weight excluding hydrogens is 288 g/mol. The quantitative estimate of drug-likeness (QED) is 0.835. The molecule has 2 rings (SSSR count). The molecule has 1 aromatic carbocycles. The molecule has 0 aliphatic carbocycles. The topological polar surface area (TPSA) is 55.1 Å². The van der Waals surface area contributed by atoms with E-state index in [2.05, 4.69) is 5.32 Å². The van der Waals surface area contributed by atoms with Crippen molar-refractivity contribution in [3.8, 4) is 0 Å². The highest BCUT2D eigenvalue weighted by Crippen LogP contribution is 2.17. The van der Waals surface area contributed by atoms with Crippen LogP contribution in [0.3, 0.4) is 0 Å². The summed E-state index contributed by atoms with van der Waals surface area (Å²) in [4.78, 5) is 13.3. The molecule has 5 heteroatoms. The van der Waals surface area contributed by atoms with E-state index >= 15 is 0 Å². The minimum Gasteiger partial charge on any atom is -0.389 e. The van der Waals surface area contributed by atoms with Crippen LogP contribution in [0.4, 0.5) is 0 Å². The number of amides is 1. The van der Waals surface area contributed by atoms with Crippen LogP contribution in [0.1, 0.15) is 33.3 Å². The number of nitrogens with two attached hydrogens (primary N) is 1. The molecule has 0 spiro atoms. The van der Waals surface area contributed by atoms with Gasteiger partial charge in [-0.3, -0.25) is 4.79 Å². The molecule has 0 saturated carbocycles. The molecule has 3 nitrogen and oxygen atoms in total. The van der Waals surface area contributed by atoms with Gasteiger partial charge in [-0.05, 0) is 29.0 Å². The molecular formula is C15H16N2OS2. The number of hydrogen-bond acceptors (Lipinski definition) is 3. The molecule has 0 fully saturated rings. The number of hydrogen-bond donors (Lipinski definition) is 2. The Bertz CT molecular complexity index is 617. The maximum absolute atomic E-state index is 12.1. The van der Waals surface area contributed by atoms with E-state index in [9.17, 15) is 4.79 Å². The van der Waals surface area contributed by atoms with Crippen LogP contribution >= 0.6 is 23.6 Å². The van der Waals surface area contributed by atoms with Gasteiger partial charge in [0.15, 0.2) is 0 Å². The molecule has 20 heavy (non-hydrogen) atoms. The number of thiophene rings is 1. The number of benzene rings is 1. The Hall–Kier alpha value is -1.72. The second-order valence-corrected chi connectivity index (χ2v) is 5.73. The zero-order chi connectivity index (χ0) is 14.5. The van der Waals surface area contributed by atoms with E-state index in [-0.39, 0.29) is 5.91 Å². The largest absolute Gasteiger partial charge is 0.389 e. The molecule has 1 amide bonds. The molecule has 0 unspecified atom stereocenters. The van der Waals surface area contributed by atoms with Crippen LogP contribution in [0.5, 0.6) is 0 Å². The Balaban J connectivity index is 1.98. The van der Waals surface area contributed by atoms with Crippen molar-refractivity contribution in [3.05, 3.63) is 57.3 Å². The number of nitrogens with one attached hydrogen (secondary N) is 1. The normalized spacial score (nSPS) is 10.2. The van der Waals surface area contributed by atoms with Crippen LogP contribution in [-0.4, -0.2) is 10.9 Å². The third-order valence-electron chi connectivity index (χ3n) is 3.03. The Morgan fingerprint density at radius 1 is 1.30 bits per heavy atom. The highest BCUT2D eigenvalue weighted by atomic mass is 32.1. The van der Waals surface area contributed by atoms with Gasteiger partial charge in [0, 0.05) is 12.1 Å². The van der Waals surface area contributed by atoms with E-state index in [0.29, 0.717) is 11.5 Å². The van der Waals surface area contributed by atoms with Crippen LogP contribution in [0.15, 0.2) is 35.7 Å². The predicted octanol–water partition coefficient (Wildman–Crippen LogP) is 2.87. The van der Waals surface area contributed by atoms with Gasteiger partial charge in [-0.1, -0.05) is 43.4 Å². The van der Waals surface area contributed by atoms with Crippen molar-refractivity contribution >= 4 is 34.5 Å². The summed E-state index contributed by atoms with van der Waals surface area (Å²) in [5.74, 6) is -0.0183. The van der Waals surface area contributed by atoms with Gasteiger partial charge >= 0.3 is 0 Å². The van der Waals surface area contributed by atoms with Gasteiger partial charge < -0.3 is 11.1 Å². The monoisotopic (exact) mass is 304 g/mol. The van der Waals surface area contributed by atoms with E-state index in [4.69, 9.17) is 18.0 Å². The molecule has 1 heterocycles. The number of aryl methyl sites for hydroxylation is 1. The first-order chi connectivity index (χ1) is 9.61. The van der Waals surface area contributed by atoms with Crippen molar-refractivity contribution in [1.82, 2.24) is 5.32 Å². The van der Waals surface area contributed by atoms with Gasteiger partial charge in [0.1, 0.15) is 4.99 Å². The Morgan fingerprint density at radius 2 is 2.00 bits per heavy atom. The van der Waals surface area contributed by atoms with Gasteiger partial charge in [0.25, 0.3) is 5.91 Å². The number of rotatable bonds is 5. The first-order valence-electron chi connectivity index (χ1n) is 6.35. The Kier molecular flexibility index (Phi) is 4.87. The summed E-state index contributed by atoms with van der Waals surface area (Å²) in [6, 6.07) is 9.57. The summed E-state index contributed by atoms with van der Waals surface area (Å²) in [6.45, 7) is 2.55. The Morgan fingerprint density at radius 3 is 2.60 bits per heavy atom. The highest BCUT2D eigenvalue weighted by molar-refractivity contribution is 7.80. The summed E-state index contributed by atoms with van der Waals surface area (Å²) in [6.07, 6.45) is 0.870. The molecule has 0 bridgehead atoms. The number of carbonyl (C=O) groups excluding carboxylic acids is 1. The highest BCUT2D eigenvalue weighted by Gasteiger charge is 2.11. The van der Waals surface area contributed by atoms with Gasteiger partial charge in [0.2, 0.25) is 0 Å². The van der Waals surface area contributed by atoms with Gasteiger partial charge in [-0.15, -0.1) is 11.3 Å². The molecule has 1 aromatic heterocycles. The molecule has 3 N–H and O–H groups in total. The summed E-state index contributed by atoms with van der Waals surface area (Å²) in [5, 5.41) is 4.88. The fourth-order valence-corrected chi connectivity index (χ4v) is 2.91. The van der Waals surface area contributed by atoms with E-state index in [1.54, 1.807) is 0 Å². The van der Waals surface area contributed by atoms with E-state index in [1.807, 2.05) is 42.6 Å². The van der Waals surface area contributed by atoms with Crippen LogP contribution in [-0.2, 0) is 13.0 Å². The molecule has 0 saturated heterocycles. The lowest BCUT2D eigenvalue weighted by atomic mass is 10.1. The average Bonchev–Trinajstić information content (AvgIpc) is 2.93. The van der Waals surface area contributed by atoms with Crippen molar-refractivity contribution in [3.63, 3.8) is 0 Å². The zero-order valence-electron chi connectivity index (χ0n) is 11.2. The lowest BCUT2D eigenvalue weighted by molar-refractivity contribution is 0.0954. The van der Waals surface area contributed by atoms with Crippen LogP contribution in [0.25, 0.3) is 0 Å². The van der Waals surface area contributed by atoms with Crippen molar-refractivity contribution in [2.24, 2.45) is 5.73 Å². The van der Waals surface area contributed by atoms with Gasteiger partial charge in [-0.25, -0.2) is 0 Å². The maximum Gasteiger partial charge on any atom is 0.261 e. The van der Waals surface area contributed by atoms with Gasteiger partial charge in [0.05, 0.1) is 4.88 Å². The van der Waals surface area contributed by atoms with Crippen molar-refractivity contribution in [1.29, 1.82) is 0 Å². The van der Waals surface area contributed by atoms with Crippen molar-refractivity contribution in [2.75, 3.05) is 0 Å². The number of thiocarbonyl (C=S) groups is 1. The lowest BCUT2D eigenvalue weighted by Gasteiger charge is -2.06. The summed E-state index contributed by atoms with van der Waals surface area (Å²) >= 11 is 6.38. The minimum absolute atomic E-state index is 0.0183. The molecule has 2 aromatic rings. The van der Waals surface area contributed by atoms with E-state index < -0.39 is 0 Å². The smallest absolute Gasteiger partial charge is 0.261 e. The van der Waals surface area contributed by atoms with Crippen LogP contribution < -0.4 is 11.1 Å². The summed E-state index contributed by atoms with van der Waals surface area (Å²) < 4.78 is 0. The van der Waals surface area contributed by atoms with Crippen LogP contribution in [0, 0.1) is 0 Å². The predicted molar refractivity (Wildman–Crippen MR) is 87.2 cm³/mol. The number of carbonyl (C=O) groups is 1. The SMILES string of the molecule is CCc1ccsc1C(=O)NCc1ccc(C(N)=S)cc1. The lowest BCUT2D eigenvalue weighted by Crippen LogP contribution is -2.22. The molecule has 0 radical (unpaired) electrons. The average molecular weight is 304 g/mol. The Labute approximate surface area is 127 Å². The van der Waals surface area contributed by atoms with E-state index in [1.165, 1.54) is 11.3 Å². The summed E-state index contributed by atoms with van der Waals surface area (Å²) in [7, 11) is 0. The third kappa shape index (κ3) is 3.43. The van der Waals surface area contributed by atoms with Crippen molar-refractivity contribution < 1.29 is 4.79 Å². The standard InChI is InChI=1S/C15H16N2OS2/c1-2-11-7-8-20-13(11)15(18)17-9-10-3-5-12(6-4-10)14(16)19/h3-8H,2,9H2,1H3,(H2,16,19)(H,17,18). The first-order valence-corrected chi connectivity index (χ1v) is 7.64. The molecule has 104 valence electrons. The minimum atomic E-state index is -0.0183. The fraction of sp³-hybridized carbons (Fsp3) is 0.200. The second kappa shape index (κ2) is 6.63. The van der Waals surface area contributed by atoms with E-state index in [0.717, 1.165) is 28.0 Å². The third-order valence-corrected chi connectivity index (χ3v) is 4.22. The zero-order valence-corrected chi connectivity index (χ0v) is 12.8. The molecule has 0 atom stereocenters. The first kappa shape index (κ1) is 14.7. The molecule has 0 aliphatic heterocycles. The second-order valence-electron chi connectivity index (χ2n) is 4.37. The van der Waals surface area contributed by atoms with Crippen LogP contribution in [0.2, 0.25) is 0 Å². The van der Waals surface area contributed by atoms with Crippen molar-refractivity contribution in [2.45, 2.75) is 19.9 Å². The van der Waals surface area contributed by atoms with Gasteiger partial charge in [-0.2, -0.15) is 0 Å². The summed E-state index contributed by atoms with van der Waals surface area (Å²) in [5.41, 5.74) is 8.50. The maximum atomic E-state index is 12.1. The fourth-order valence-electron chi connectivity index (χ4n) is 1.86. The molecule has 0 aliphatic rings.